The Morgan fingerprint density at radius 3 is 2.08 bits per heavy atom. The second-order valence-electron chi connectivity index (χ2n) is 3.88. The van der Waals surface area contributed by atoms with Crippen LogP contribution >= 0.6 is 0 Å². The Morgan fingerprint density at radius 2 is 1.75 bits per heavy atom. The lowest BCUT2D eigenvalue weighted by Gasteiger charge is -2.24. The molecule has 0 amide bonds. The summed E-state index contributed by atoms with van der Waals surface area (Å²) < 4.78 is 16.6. The van der Waals surface area contributed by atoms with E-state index in [1.165, 1.54) is 32.2 Å². The Bertz CT molecular complexity index is 175. The van der Waals surface area contributed by atoms with Crippen LogP contribution in [-0.2, 0) is 11.6 Å². The minimum absolute atomic E-state index is 0.659. The van der Waals surface area contributed by atoms with E-state index in [1.54, 1.807) is 0 Å². The van der Waals surface area contributed by atoms with Crippen LogP contribution in [0.5, 0.6) is 0 Å². The lowest BCUT2D eigenvalue weighted by molar-refractivity contribution is 0.326. The van der Waals surface area contributed by atoms with Gasteiger partial charge in [0.25, 0.3) is 0 Å². The van der Waals surface area contributed by atoms with Crippen molar-refractivity contribution in [2.75, 3.05) is 6.54 Å². The van der Waals surface area contributed by atoms with Crippen LogP contribution in [-0.4, -0.2) is 20.5 Å². The molecule has 0 bridgehead atoms. The first-order valence-electron chi connectivity index (χ1n) is 4.39. The molecule has 1 aliphatic carbocycles. The topological polar surface area (TPSA) is 56.1 Å². The van der Waals surface area contributed by atoms with E-state index >= 15 is 0 Å². The van der Waals surface area contributed by atoms with Gasteiger partial charge in [0.2, 0.25) is 0 Å². The van der Waals surface area contributed by atoms with Gasteiger partial charge in [0.15, 0.2) is 0 Å². The van der Waals surface area contributed by atoms with Crippen LogP contribution in [0.2, 0.25) is 0 Å². The quantitative estimate of drug-likeness (QED) is 0.575. The van der Waals surface area contributed by atoms with Gasteiger partial charge in [-0.05, 0) is 31.6 Å². The van der Waals surface area contributed by atoms with Gasteiger partial charge in [0, 0.05) is 12.1 Å². The normalized spacial score (nSPS) is 38.2. The summed E-state index contributed by atoms with van der Waals surface area (Å²) in [6.45, 7) is 3.68. The second-order valence-corrected chi connectivity index (χ2v) is 4.02. The molecule has 3 nitrogen and oxygen atoms in total. The van der Waals surface area contributed by atoms with Crippen molar-refractivity contribution in [2.24, 2.45) is 5.92 Å². The maximum atomic E-state index is 8.29. The fourth-order valence-electron chi connectivity index (χ4n) is 1.79. The fourth-order valence-corrected chi connectivity index (χ4v) is 1.79. The average Bonchev–Trinajstić information content (AvgIpc) is 2.79. The highest BCUT2D eigenvalue weighted by molar-refractivity contribution is 7.51. The molecule has 1 saturated carbocycles. The van der Waals surface area contributed by atoms with Crippen LogP contribution in [0, 0.1) is 5.92 Å². The molecule has 12 heavy (non-hydrogen) atoms. The van der Waals surface area contributed by atoms with Crippen molar-refractivity contribution in [3.05, 3.63) is 0 Å². The molecular weight excluding hydrogens is 174 g/mol. The van der Waals surface area contributed by atoms with E-state index in [0.717, 1.165) is 5.92 Å². The molecule has 4 heteroatoms. The Hall–Kier alpha value is -0.220. The van der Waals surface area contributed by atoms with Crippen LogP contribution in [0.1, 0.15) is 32.6 Å². The van der Waals surface area contributed by atoms with Gasteiger partial charge in [-0.15, -0.1) is 0 Å². The molecule has 0 unspecified atom stereocenters. The van der Waals surface area contributed by atoms with E-state index in [2.05, 4.69) is 12.2 Å². The fraction of sp³-hybridized carbons (Fsp3) is 1.00. The Labute approximate surface area is 76.5 Å². The lowest BCUT2D eigenvalue weighted by Crippen LogP contribution is -2.22. The van der Waals surface area contributed by atoms with Crippen molar-refractivity contribution >= 4 is 11.6 Å². The zero-order chi connectivity index (χ0) is 9.03. The Balaban J connectivity index is 0.000000213. The van der Waals surface area contributed by atoms with E-state index in [9.17, 15) is 0 Å². The number of nitrogens with one attached hydrogen (secondary N) is 1. The second kappa shape index (κ2) is 4.14. The standard InChI is InChI=1S/C8H15N.O2S/c1-7-2-4-8(5-3-7)6-9-8;1-3-2/h7,9H,2-6H2,1H3;. The van der Waals surface area contributed by atoms with E-state index in [1.807, 2.05) is 0 Å². The maximum Gasteiger partial charge on any atom is 0.335 e. The molecule has 2 rings (SSSR count). The largest absolute Gasteiger partial charge is 0.335 e. The van der Waals surface area contributed by atoms with Crippen molar-refractivity contribution in [3.63, 3.8) is 0 Å². The van der Waals surface area contributed by atoms with E-state index in [-0.39, 0.29) is 0 Å². The van der Waals surface area contributed by atoms with Crippen LogP contribution in [0.25, 0.3) is 0 Å². The summed E-state index contributed by atoms with van der Waals surface area (Å²) in [5.41, 5.74) is 0.659. The van der Waals surface area contributed by atoms with Crippen molar-refractivity contribution in [3.8, 4) is 0 Å². The van der Waals surface area contributed by atoms with E-state index in [0.29, 0.717) is 5.54 Å². The molecule has 70 valence electrons. The highest BCUT2D eigenvalue weighted by Crippen LogP contribution is 2.37. The maximum absolute atomic E-state index is 8.29. The van der Waals surface area contributed by atoms with Crippen molar-refractivity contribution < 1.29 is 8.42 Å². The molecule has 1 saturated heterocycles. The molecule has 0 aromatic heterocycles. The summed E-state index contributed by atoms with van der Waals surface area (Å²) in [6, 6.07) is 0. The highest BCUT2D eigenvalue weighted by atomic mass is 32.1. The van der Waals surface area contributed by atoms with Crippen LogP contribution < -0.4 is 5.32 Å². The minimum Gasteiger partial charge on any atom is -0.308 e. The summed E-state index contributed by atoms with van der Waals surface area (Å²) in [5.74, 6) is 0.998. The predicted octanol–water partition coefficient (Wildman–Crippen LogP) is 0.868. The third kappa shape index (κ3) is 2.68. The summed E-state index contributed by atoms with van der Waals surface area (Å²) in [5, 5.41) is 3.47. The third-order valence-corrected chi connectivity index (χ3v) is 2.91. The Kier molecular flexibility index (Phi) is 3.40. The van der Waals surface area contributed by atoms with E-state index in [4.69, 9.17) is 8.42 Å². The van der Waals surface area contributed by atoms with Crippen LogP contribution in [0.3, 0.4) is 0 Å². The first-order valence-corrected chi connectivity index (χ1v) is 5.06. The molecule has 0 aromatic carbocycles. The average molecular weight is 189 g/mol. The van der Waals surface area contributed by atoms with Gasteiger partial charge in [-0.2, -0.15) is 8.42 Å². The highest BCUT2D eigenvalue weighted by Gasteiger charge is 2.43. The summed E-state index contributed by atoms with van der Waals surface area (Å²) in [6.07, 6.45) is 5.78. The summed E-state index contributed by atoms with van der Waals surface area (Å²) in [4.78, 5) is 0. The van der Waals surface area contributed by atoms with Gasteiger partial charge in [-0.3, -0.25) is 0 Å². The monoisotopic (exact) mass is 189 g/mol. The zero-order valence-corrected chi connectivity index (χ0v) is 8.15. The van der Waals surface area contributed by atoms with Gasteiger partial charge < -0.3 is 5.32 Å². The molecule has 2 aliphatic rings. The molecule has 0 atom stereocenters. The van der Waals surface area contributed by atoms with Crippen LogP contribution in [0.15, 0.2) is 0 Å². The summed E-state index contributed by atoms with van der Waals surface area (Å²) in [7, 11) is 0. The van der Waals surface area contributed by atoms with Crippen molar-refractivity contribution in [1.82, 2.24) is 5.32 Å². The minimum atomic E-state index is -0.750. The molecule has 0 aromatic rings. The smallest absolute Gasteiger partial charge is 0.308 e. The molecule has 1 aliphatic heterocycles. The zero-order valence-electron chi connectivity index (χ0n) is 7.34. The predicted molar refractivity (Wildman–Crippen MR) is 47.3 cm³/mol. The number of hydrogen-bond acceptors (Lipinski definition) is 3. The third-order valence-electron chi connectivity index (χ3n) is 2.91. The van der Waals surface area contributed by atoms with Gasteiger partial charge in [-0.25, -0.2) is 0 Å². The first kappa shape index (κ1) is 9.86. The SMILES string of the molecule is CC1CCC2(CC1)CN2.O=S=O. The Morgan fingerprint density at radius 1 is 1.33 bits per heavy atom. The van der Waals surface area contributed by atoms with Crippen LogP contribution in [0.4, 0.5) is 0 Å². The van der Waals surface area contributed by atoms with Gasteiger partial charge in [0.05, 0.1) is 0 Å². The molecule has 1 spiro atoms. The van der Waals surface area contributed by atoms with Gasteiger partial charge in [-0.1, -0.05) is 6.92 Å². The molecular formula is C8H15NO2S. The number of hydrogen-bond donors (Lipinski definition) is 1. The van der Waals surface area contributed by atoms with Crippen molar-refractivity contribution in [1.29, 1.82) is 0 Å². The van der Waals surface area contributed by atoms with E-state index < -0.39 is 11.6 Å². The summed E-state index contributed by atoms with van der Waals surface area (Å²) >= 11 is -0.750. The van der Waals surface area contributed by atoms with Crippen molar-refractivity contribution in [2.45, 2.75) is 38.1 Å². The first-order chi connectivity index (χ1) is 5.72. The molecule has 1 N–H and O–H groups in total. The molecule has 2 fully saturated rings. The molecule has 0 radical (unpaired) electrons. The molecule has 1 heterocycles. The van der Waals surface area contributed by atoms with Gasteiger partial charge in [0.1, 0.15) is 0 Å². The van der Waals surface area contributed by atoms with Gasteiger partial charge >= 0.3 is 11.6 Å². The lowest BCUT2D eigenvalue weighted by atomic mass is 9.83. The number of rotatable bonds is 0.